The van der Waals surface area contributed by atoms with Crippen molar-refractivity contribution < 1.29 is 8.82 Å². The Morgan fingerprint density at radius 2 is 1.75 bits per heavy atom. The zero-order chi connectivity index (χ0) is 12.6. The molecule has 0 fully saturated rings. The van der Waals surface area contributed by atoms with E-state index in [9.17, 15) is 4.39 Å². The molecule has 16 heavy (non-hydrogen) atoms. The minimum atomic E-state index is -1.86. The molecule has 0 N–H and O–H groups in total. The van der Waals surface area contributed by atoms with Crippen LogP contribution in [-0.2, 0) is 0 Å². The molecule has 1 rings (SSSR count). The van der Waals surface area contributed by atoms with Crippen molar-refractivity contribution in [3.63, 3.8) is 0 Å². The van der Waals surface area contributed by atoms with Crippen molar-refractivity contribution in [2.45, 2.75) is 38.9 Å². The number of hydrogen-bond acceptors (Lipinski definition) is 1. The molecule has 0 aliphatic heterocycles. The van der Waals surface area contributed by atoms with Crippen molar-refractivity contribution >= 4 is 30.9 Å². The first-order valence-corrected chi connectivity index (χ1v) is 9.26. The lowest BCUT2D eigenvalue weighted by Crippen LogP contribution is -2.43. The lowest BCUT2D eigenvalue weighted by Gasteiger charge is -2.36. The third-order valence-electron chi connectivity index (χ3n) is 3.02. The van der Waals surface area contributed by atoms with E-state index in [0.29, 0.717) is 5.75 Å². The second kappa shape index (κ2) is 4.64. The third-order valence-corrected chi connectivity index (χ3v) is 8.00. The maximum Gasteiger partial charge on any atom is 0.250 e. The Labute approximate surface area is 112 Å². The molecule has 0 aliphatic rings. The van der Waals surface area contributed by atoms with Crippen molar-refractivity contribution in [3.05, 3.63) is 27.6 Å². The van der Waals surface area contributed by atoms with E-state index in [0.717, 1.165) is 3.57 Å². The summed E-state index contributed by atoms with van der Waals surface area (Å²) in [6.45, 7) is 10.8. The fourth-order valence-corrected chi connectivity index (χ4v) is 2.65. The maximum absolute atomic E-state index is 13.2. The molecule has 0 bridgehead atoms. The Kier molecular flexibility index (Phi) is 4.05. The summed E-state index contributed by atoms with van der Waals surface area (Å²) in [5.74, 6) is 0.414. The topological polar surface area (TPSA) is 9.23 Å². The summed E-state index contributed by atoms with van der Waals surface area (Å²) in [4.78, 5) is 0. The van der Waals surface area contributed by atoms with Crippen molar-refractivity contribution in [1.82, 2.24) is 0 Å². The van der Waals surface area contributed by atoms with Gasteiger partial charge in [0.1, 0.15) is 11.6 Å². The highest BCUT2D eigenvalue weighted by molar-refractivity contribution is 14.1. The SMILES string of the molecule is CC(C)(C)[Si](C)(C)Oc1cc(F)cc(I)c1. The van der Waals surface area contributed by atoms with Gasteiger partial charge in [-0.2, -0.15) is 0 Å². The predicted molar refractivity (Wildman–Crippen MR) is 76.9 cm³/mol. The molecule has 0 unspecified atom stereocenters. The van der Waals surface area contributed by atoms with Crippen LogP contribution in [0.25, 0.3) is 0 Å². The monoisotopic (exact) mass is 352 g/mol. The molecule has 1 aromatic carbocycles. The molecule has 0 heterocycles. The normalized spacial score (nSPS) is 12.7. The zero-order valence-electron chi connectivity index (χ0n) is 10.4. The Morgan fingerprint density at radius 3 is 2.19 bits per heavy atom. The predicted octanol–water partition coefficient (Wildman–Crippen LogP) is 4.81. The number of hydrogen-bond donors (Lipinski definition) is 0. The molecule has 0 atom stereocenters. The molecule has 0 saturated heterocycles. The van der Waals surface area contributed by atoms with Crippen LogP contribution in [0.2, 0.25) is 18.1 Å². The van der Waals surface area contributed by atoms with Crippen molar-refractivity contribution in [2.75, 3.05) is 0 Å². The van der Waals surface area contributed by atoms with Gasteiger partial charge in [-0.25, -0.2) is 4.39 Å². The van der Waals surface area contributed by atoms with Crippen molar-refractivity contribution in [2.24, 2.45) is 0 Å². The Balaban J connectivity index is 2.96. The largest absolute Gasteiger partial charge is 0.543 e. The first-order chi connectivity index (χ1) is 7.12. The molecule has 1 nitrogen and oxygen atoms in total. The van der Waals surface area contributed by atoms with Crippen LogP contribution in [-0.4, -0.2) is 8.32 Å². The van der Waals surface area contributed by atoms with Crippen LogP contribution in [0.1, 0.15) is 20.8 Å². The summed E-state index contributed by atoms with van der Waals surface area (Å²) >= 11 is 2.10. The number of benzene rings is 1. The van der Waals surface area contributed by atoms with E-state index in [2.05, 4.69) is 56.5 Å². The van der Waals surface area contributed by atoms with Gasteiger partial charge in [-0.3, -0.25) is 0 Å². The second-order valence-electron chi connectivity index (χ2n) is 5.47. The van der Waals surface area contributed by atoms with Gasteiger partial charge in [0.25, 0.3) is 0 Å². The Morgan fingerprint density at radius 1 is 1.19 bits per heavy atom. The summed E-state index contributed by atoms with van der Waals surface area (Å²) in [6.07, 6.45) is 0. The average Bonchev–Trinajstić information content (AvgIpc) is 1.97. The molecular formula is C12H18FIOSi. The molecule has 0 aromatic heterocycles. The van der Waals surface area contributed by atoms with E-state index >= 15 is 0 Å². The van der Waals surface area contributed by atoms with E-state index in [-0.39, 0.29) is 10.9 Å². The lowest BCUT2D eigenvalue weighted by molar-refractivity contribution is 0.487. The molecule has 0 aliphatic carbocycles. The van der Waals surface area contributed by atoms with Crippen LogP contribution < -0.4 is 4.43 Å². The van der Waals surface area contributed by atoms with E-state index in [4.69, 9.17) is 4.43 Å². The Hall–Kier alpha value is -0.103. The Bertz CT molecular complexity index is 365. The minimum absolute atomic E-state index is 0.130. The first kappa shape index (κ1) is 14.0. The fraction of sp³-hybridized carbons (Fsp3) is 0.500. The molecule has 0 radical (unpaired) electrons. The lowest BCUT2D eigenvalue weighted by atomic mass is 10.2. The van der Waals surface area contributed by atoms with Gasteiger partial charge in [-0.1, -0.05) is 20.8 Å². The summed E-state index contributed by atoms with van der Waals surface area (Å²) < 4.78 is 20.1. The van der Waals surface area contributed by atoms with Crippen molar-refractivity contribution in [3.8, 4) is 5.75 Å². The highest BCUT2D eigenvalue weighted by Crippen LogP contribution is 2.37. The smallest absolute Gasteiger partial charge is 0.250 e. The van der Waals surface area contributed by atoms with Crippen LogP contribution in [0.4, 0.5) is 4.39 Å². The summed E-state index contributed by atoms with van der Waals surface area (Å²) in [5, 5.41) is 0.130. The summed E-state index contributed by atoms with van der Waals surface area (Å²) in [7, 11) is -1.86. The highest BCUT2D eigenvalue weighted by atomic mass is 127. The summed E-state index contributed by atoms with van der Waals surface area (Å²) in [5.41, 5.74) is 0. The van der Waals surface area contributed by atoms with E-state index < -0.39 is 8.32 Å². The van der Waals surface area contributed by atoms with Gasteiger partial charge >= 0.3 is 0 Å². The number of rotatable bonds is 2. The van der Waals surface area contributed by atoms with Crippen LogP contribution in [0.15, 0.2) is 18.2 Å². The van der Waals surface area contributed by atoms with Crippen LogP contribution in [0, 0.1) is 9.39 Å². The van der Waals surface area contributed by atoms with E-state index in [1.165, 1.54) is 12.1 Å². The molecule has 1 aromatic rings. The van der Waals surface area contributed by atoms with Gasteiger partial charge in [0.2, 0.25) is 8.32 Å². The van der Waals surface area contributed by atoms with Gasteiger partial charge < -0.3 is 4.43 Å². The van der Waals surface area contributed by atoms with Gasteiger partial charge in [0.15, 0.2) is 0 Å². The van der Waals surface area contributed by atoms with Gasteiger partial charge in [0.05, 0.1) is 0 Å². The number of halogens is 2. The molecule has 0 amide bonds. The van der Waals surface area contributed by atoms with Gasteiger partial charge in [-0.05, 0) is 52.9 Å². The van der Waals surface area contributed by atoms with Gasteiger partial charge in [-0.15, -0.1) is 0 Å². The molecule has 4 heteroatoms. The van der Waals surface area contributed by atoms with Crippen LogP contribution in [0.3, 0.4) is 0 Å². The first-order valence-electron chi connectivity index (χ1n) is 5.27. The molecule has 0 spiro atoms. The van der Waals surface area contributed by atoms with Gasteiger partial charge in [0, 0.05) is 9.64 Å². The quantitative estimate of drug-likeness (QED) is 0.548. The van der Waals surface area contributed by atoms with E-state index in [1.54, 1.807) is 0 Å². The molecule has 0 saturated carbocycles. The minimum Gasteiger partial charge on any atom is -0.543 e. The second-order valence-corrected chi connectivity index (χ2v) is 11.4. The van der Waals surface area contributed by atoms with Crippen LogP contribution in [0.5, 0.6) is 5.75 Å². The standard InChI is InChI=1S/C12H18FIOSi/c1-12(2,3)16(4,5)15-11-7-9(13)6-10(14)8-11/h6-8H,1-5H3. The summed E-state index contributed by atoms with van der Waals surface area (Å²) in [6, 6.07) is 4.84. The third kappa shape index (κ3) is 3.45. The fourth-order valence-electron chi connectivity index (χ4n) is 1.04. The molecular weight excluding hydrogens is 334 g/mol. The highest BCUT2D eigenvalue weighted by Gasteiger charge is 2.39. The van der Waals surface area contributed by atoms with E-state index in [1.807, 2.05) is 6.07 Å². The maximum atomic E-state index is 13.2. The average molecular weight is 352 g/mol. The zero-order valence-corrected chi connectivity index (χ0v) is 13.6. The molecule has 90 valence electrons. The van der Waals surface area contributed by atoms with Crippen LogP contribution >= 0.6 is 22.6 Å². The van der Waals surface area contributed by atoms with Crippen molar-refractivity contribution in [1.29, 1.82) is 0 Å².